The lowest BCUT2D eigenvalue weighted by Gasteiger charge is -2.16. The highest BCUT2D eigenvalue weighted by molar-refractivity contribution is 5.97. The molecule has 0 bridgehead atoms. The Morgan fingerprint density at radius 3 is 2.86 bits per heavy atom. The summed E-state index contributed by atoms with van der Waals surface area (Å²) in [6, 6.07) is 5.50. The van der Waals surface area contributed by atoms with Crippen molar-refractivity contribution in [1.29, 1.82) is 0 Å². The number of pyridine rings is 1. The fourth-order valence-electron chi connectivity index (χ4n) is 2.17. The number of aliphatic carboxylic acids is 1. The van der Waals surface area contributed by atoms with Crippen LogP contribution < -0.4 is 5.32 Å². The number of para-hydroxylation sites is 1. The van der Waals surface area contributed by atoms with Crippen LogP contribution >= 0.6 is 0 Å². The van der Waals surface area contributed by atoms with Gasteiger partial charge in [0, 0.05) is 23.3 Å². The average molecular weight is 289 g/mol. The molecule has 0 radical (unpaired) electrons. The van der Waals surface area contributed by atoms with Gasteiger partial charge in [0.15, 0.2) is 0 Å². The quantitative estimate of drug-likeness (QED) is 0.625. The van der Waals surface area contributed by atoms with Crippen molar-refractivity contribution in [1.82, 2.24) is 4.98 Å². The van der Waals surface area contributed by atoms with Crippen LogP contribution in [0.25, 0.3) is 10.9 Å². The zero-order chi connectivity index (χ0) is 15.4. The maximum Gasteiger partial charge on any atom is 0.326 e. The van der Waals surface area contributed by atoms with E-state index in [1.54, 1.807) is 18.2 Å². The summed E-state index contributed by atoms with van der Waals surface area (Å²) in [5.41, 5.74) is 0.677. The largest absolute Gasteiger partial charge is 0.480 e. The topological polar surface area (TPSA) is 105 Å². The number of carboxylic acids is 1. The van der Waals surface area contributed by atoms with E-state index in [1.807, 2.05) is 6.92 Å². The number of benzene rings is 1. The highest BCUT2D eigenvalue weighted by atomic mass is 16.6. The third kappa shape index (κ3) is 3.07. The van der Waals surface area contributed by atoms with Crippen LogP contribution in [0.15, 0.2) is 30.5 Å². The van der Waals surface area contributed by atoms with Crippen molar-refractivity contribution < 1.29 is 14.8 Å². The summed E-state index contributed by atoms with van der Waals surface area (Å²) in [6.07, 6.45) is 2.61. The number of anilines is 1. The van der Waals surface area contributed by atoms with Crippen molar-refractivity contribution >= 4 is 28.2 Å². The Balaban J connectivity index is 2.47. The Bertz CT molecular complexity index is 687. The molecule has 1 unspecified atom stereocenters. The molecule has 21 heavy (non-hydrogen) atoms. The van der Waals surface area contributed by atoms with Gasteiger partial charge in [-0.3, -0.25) is 10.1 Å². The van der Waals surface area contributed by atoms with Gasteiger partial charge in [-0.1, -0.05) is 25.5 Å². The molecule has 0 aliphatic rings. The van der Waals surface area contributed by atoms with Crippen LogP contribution in [0, 0.1) is 10.1 Å². The zero-order valence-corrected chi connectivity index (χ0v) is 11.4. The van der Waals surface area contributed by atoms with Gasteiger partial charge in [0.25, 0.3) is 5.69 Å². The number of carboxylic acid groups (broad SMARTS) is 1. The fourth-order valence-corrected chi connectivity index (χ4v) is 2.17. The Labute approximate surface area is 120 Å². The van der Waals surface area contributed by atoms with Gasteiger partial charge >= 0.3 is 5.97 Å². The molecule has 1 aromatic heterocycles. The number of hydrogen-bond acceptors (Lipinski definition) is 5. The molecule has 0 amide bonds. The lowest BCUT2D eigenvalue weighted by molar-refractivity contribution is -0.383. The molecule has 1 heterocycles. The first-order valence-electron chi connectivity index (χ1n) is 6.56. The van der Waals surface area contributed by atoms with Crippen molar-refractivity contribution in [2.75, 3.05) is 5.32 Å². The number of hydrogen-bond donors (Lipinski definition) is 2. The summed E-state index contributed by atoms with van der Waals surface area (Å²) < 4.78 is 0. The molecule has 2 rings (SSSR count). The third-order valence-corrected chi connectivity index (χ3v) is 3.15. The van der Waals surface area contributed by atoms with E-state index in [0.29, 0.717) is 23.9 Å². The van der Waals surface area contributed by atoms with Gasteiger partial charge in [-0.2, -0.15) is 0 Å². The lowest BCUT2D eigenvalue weighted by Crippen LogP contribution is -2.29. The number of non-ortho nitro benzene ring substituents is 1. The molecular weight excluding hydrogens is 274 g/mol. The van der Waals surface area contributed by atoms with Crippen molar-refractivity contribution in [3.63, 3.8) is 0 Å². The number of fused-ring (bicyclic) bond motifs is 1. The lowest BCUT2D eigenvalue weighted by atomic mass is 10.1. The maximum atomic E-state index is 11.2. The van der Waals surface area contributed by atoms with Gasteiger partial charge in [0.1, 0.15) is 11.6 Å². The first-order valence-corrected chi connectivity index (χ1v) is 6.56. The molecule has 110 valence electrons. The summed E-state index contributed by atoms with van der Waals surface area (Å²) in [7, 11) is 0. The third-order valence-electron chi connectivity index (χ3n) is 3.15. The van der Waals surface area contributed by atoms with Crippen LogP contribution in [0.2, 0.25) is 0 Å². The summed E-state index contributed by atoms with van der Waals surface area (Å²) >= 11 is 0. The van der Waals surface area contributed by atoms with Crippen LogP contribution in [0.3, 0.4) is 0 Å². The van der Waals surface area contributed by atoms with Crippen LogP contribution in [-0.4, -0.2) is 27.0 Å². The summed E-state index contributed by atoms with van der Waals surface area (Å²) in [5, 5.41) is 23.7. The number of nitrogens with zero attached hydrogens (tertiary/aromatic N) is 2. The molecule has 0 aliphatic heterocycles. The minimum absolute atomic E-state index is 0.0986. The Kier molecular flexibility index (Phi) is 4.32. The van der Waals surface area contributed by atoms with Gasteiger partial charge in [-0.05, 0) is 12.5 Å². The van der Waals surface area contributed by atoms with E-state index in [2.05, 4.69) is 10.3 Å². The molecule has 1 aromatic carbocycles. The number of aromatic nitrogens is 1. The first-order chi connectivity index (χ1) is 10.0. The smallest absolute Gasteiger partial charge is 0.326 e. The number of nitro benzene ring substituents is 1. The van der Waals surface area contributed by atoms with Crippen LogP contribution in [-0.2, 0) is 4.79 Å². The fraction of sp³-hybridized carbons (Fsp3) is 0.286. The van der Waals surface area contributed by atoms with E-state index < -0.39 is 16.9 Å². The zero-order valence-electron chi connectivity index (χ0n) is 11.4. The Hall–Kier alpha value is -2.70. The number of nitrogens with one attached hydrogen (secondary N) is 1. The minimum Gasteiger partial charge on any atom is -0.480 e. The molecule has 7 heteroatoms. The number of rotatable bonds is 6. The van der Waals surface area contributed by atoms with E-state index >= 15 is 0 Å². The van der Waals surface area contributed by atoms with E-state index in [0.717, 1.165) is 0 Å². The normalized spacial score (nSPS) is 12.0. The molecule has 1 atom stereocenters. The maximum absolute atomic E-state index is 11.2. The van der Waals surface area contributed by atoms with Crippen molar-refractivity contribution in [2.24, 2.45) is 0 Å². The molecule has 0 spiro atoms. The van der Waals surface area contributed by atoms with Crippen LogP contribution in [0.4, 0.5) is 11.4 Å². The second kappa shape index (κ2) is 6.17. The standard InChI is InChI=1S/C14H15N3O4/c1-2-4-11(14(18)19)16-10-7-8-15-13-9(10)5-3-6-12(13)17(20)21/h3,5-8,11H,2,4H2,1H3,(H,15,16)(H,18,19). The highest BCUT2D eigenvalue weighted by Gasteiger charge is 2.19. The minimum atomic E-state index is -0.952. The van der Waals surface area contributed by atoms with Crippen molar-refractivity contribution in [3.8, 4) is 0 Å². The van der Waals surface area contributed by atoms with E-state index in [4.69, 9.17) is 0 Å². The molecule has 0 saturated heterocycles. The van der Waals surface area contributed by atoms with Crippen LogP contribution in [0.5, 0.6) is 0 Å². The SMILES string of the molecule is CCCC(Nc1ccnc2c([N+](=O)[O-])cccc12)C(=O)O. The average Bonchev–Trinajstić information content (AvgIpc) is 2.46. The van der Waals surface area contributed by atoms with Gasteiger partial charge in [0.2, 0.25) is 0 Å². The summed E-state index contributed by atoms with van der Waals surface area (Å²) in [5.74, 6) is -0.952. The highest BCUT2D eigenvalue weighted by Crippen LogP contribution is 2.29. The van der Waals surface area contributed by atoms with E-state index in [9.17, 15) is 20.0 Å². The molecule has 0 fully saturated rings. The van der Waals surface area contributed by atoms with Crippen molar-refractivity contribution in [3.05, 3.63) is 40.6 Å². The van der Waals surface area contributed by atoms with Crippen molar-refractivity contribution in [2.45, 2.75) is 25.8 Å². The number of nitro groups is 1. The number of carbonyl (C=O) groups is 1. The van der Waals surface area contributed by atoms with Gasteiger partial charge in [-0.25, -0.2) is 9.78 Å². The van der Waals surface area contributed by atoms with Gasteiger partial charge < -0.3 is 10.4 Å². The predicted molar refractivity (Wildman–Crippen MR) is 78.4 cm³/mol. The van der Waals surface area contributed by atoms with Gasteiger partial charge in [-0.15, -0.1) is 0 Å². The molecule has 0 aliphatic carbocycles. The van der Waals surface area contributed by atoms with E-state index in [1.165, 1.54) is 12.3 Å². The predicted octanol–water partition coefficient (Wildman–Crippen LogP) is 2.81. The molecular formula is C14H15N3O4. The summed E-state index contributed by atoms with van der Waals surface area (Å²) in [4.78, 5) is 25.8. The Morgan fingerprint density at radius 2 is 2.24 bits per heavy atom. The second-order valence-electron chi connectivity index (χ2n) is 4.61. The van der Waals surface area contributed by atoms with Gasteiger partial charge in [0.05, 0.1) is 4.92 Å². The second-order valence-corrected chi connectivity index (χ2v) is 4.61. The monoisotopic (exact) mass is 289 g/mol. The van der Waals surface area contributed by atoms with Crippen LogP contribution in [0.1, 0.15) is 19.8 Å². The first kappa shape index (κ1) is 14.7. The van der Waals surface area contributed by atoms with E-state index in [-0.39, 0.29) is 11.2 Å². The Morgan fingerprint density at radius 1 is 1.48 bits per heavy atom. The molecule has 2 N–H and O–H groups in total. The molecule has 0 saturated carbocycles. The molecule has 2 aromatic rings. The molecule has 7 nitrogen and oxygen atoms in total. The summed E-state index contributed by atoms with van der Waals surface area (Å²) in [6.45, 7) is 1.90.